The normalized spacial score (nSPS) is 11.7. The van der Waals surface area contributed by atoms with Gasteiger partial charge in [0.15, 0.2) is 0 Å². The average Bonchev–Trinajstić information content (AvgIpc) is 2.61. The van der Waals surface area contributed by atoms with Crippen LogP contribution in [0.15, 0.2) is 49.2 Å². The number of para-hydroxylation sites is 2. The number of anilines is 2. The molecule has 0 unspecified atom stereocenters. The lowest BCUT2D eigenvalue weighted by atomic mass is 9.88. The molecule has 0 saturated carbocycles. The lowest BCUT2D eigenvalue weighted by molar-refractivity contribution is 0.814. The van der Waals surface area contributed by atoms with Crippen molar-refractivity contribution in [2.45, 2.75) is 79.1 Å². The van der Waals surface area contributed by atoms with Crippen LogP contribution in [-0.2, 0) is 0 Å². The maximum absolute atomic E-state index is 4.24. The van der Waals surface area contributed by atoms with Gasteiger partial charge in [0, 0.05) is 6.20 Å². The van der Waals surface area contributed by atoms with Crippen LogP contribution in [-0.4, -0.2) is 0 Å². The first-order chi connectivity index (χ1) is 12.7. The molecule has 0 aromatic heterocycles. The third kappa shape index (κ3) is 4.29. The number of hydrogen-bond acceptors (Lipinski definition) is 1. The van der Waals surface area contributed by atoms with E-state index in [1.54, 1.807) is 0 Å². The Labute approximate surface area is 167 Å². The first-order valence-electron chi connectivity index (χ1n) is 10.4. The molecule has 1 nitrogen and oxygen atoms in total. The van der Waals surface area contributed by atoms with Crippen LogP contribution in [0, 0.1) is 0 Å². The summed E-state index contributed by atoms with van der Waals surface area (Å²) in [5, 5.41) is 0. The minimum atomic E-state index is 0.454. The Hall–Kier alpha value is -2.02. The predicted molar refractivity (Wildman–Crippen MR) is 122 cm³/mol. The van der Waals surface area contributed by atoms with Crippen molar-refractivity contribution in [3.05, 3.63) is 71.4 Å². The molecule has 146 valence electrons. The monoisotopic (exact) mass is 363 g/mol. The van der Waals surface area contributed by atoms with E-state index in [1.807, 2.05) is 6.20 Å². The molecule has 0 bridgehead atoms. The Morgan fingerprint density at radius 2 is 0.852 bits per heavy atom. The van der Waals surface area contributed by atoms with Gasteiger partial charge in [0.05, 0.1) is 11.4 Å². The maximum Gasteiger partial charge on any atom is 0.0524 e. The van der Waals surface area contributed by atoms with Crippen molar-refractivity contribution < 1.29 is 0 Å². The molecule has 1 heteroatoms. The maximum atomic E-state index is 4.24. The summed E-state index contributed by atoms with van der Waals surface area (Å²) in [4.78, 5) is 2.37. The van der Waals surface area contributed by atoms with Gasteiger partial charge in [0.25, 0.3) is 0 Å². The van der Waals surface area contributed by atoms with Gasteiger partial charge in [0.1, 0.15) is 0 Å². The molecule has 2 rings (SSSR count). The zero-order chi connectivity index (χ0) is 20.3. The van der Waals surface area contributed by atoms with Crippen LogP contribution in [0.1, 0.15) is 101 Å². The van der Waals surface area contributed by atoms with E-state index < -0.39 is 0 Å². The molecule has 0 spiro atoms. The van der Waals surface area contributed by atoms with Gasteiger partial charge < -0.3 is 4.90 Å². The molecular weight excluding hydrogens is 326 g/mol. The predicted octanol–water partition coefficient (Wildman–Crippen LogP) is 8.46. The van der Waals surface area contributed by atoms with E-state index in [1.165, 1.54) is 33.6 Å². The quantitative estimate of drug-likeness (QED) is 0.477. The molecule has 0 N–H and O–H groups in total. The first kappa shape index (κ1) is 21.3. The van der Waals surface area contributed by atoms with Gasteiger partial charge in [-0.2, -0.15) is 0 Å². The highest BCUT2D eigenvalue weighted by atomic mass is 15.1. The molecule has 0 fully saturated rings. The molecule has 27 heavy (non-hydrogen) atoms. The molecule has 0 saturated heterocycles. The van der Waals surface area contributed by atoms with Crippen LogP contribution < -0.4 is 4.90 Å². The highest BCUT2D eigenvalue weighted by Crippen LogP contribution is 2.44. The van der Waals surface area contributed by atoms with E-state index in [4.69, 9.17) is 0 Å². The number of hydrogen-bond donors (Lipinski definition) is 0. The van der Waals surface area contributed by atoms with Crippen LogP contribution in [0.25, 0.3) is 0 Å². The van der Waals surface area contributed by atoms with Crippen molar-refractivity contribution >= 4 is 11.4 Å². The van der Waals surface area contributed by atoms with Gasteiger partial charge in [-0.3, -0.25) is 0 Å². The molecule has 0 aliphatic heterocycles. The zero-order valence-corrected chi connectivity index (χ0v) is 18.5. The van der Waals surface area contributed by atoms with E-state index in [9.17, 15) is 0 Å². The van der Waals surface area contributed by atoms with Crippen LogP contribution in [0.5, 0.6) is 0 Å². The fourth-order valence-electron chi connectivity index (χ4n) is 3.87. The standard InChI is InChI=1S/C26H37N/c1-10-27(25-21(17(2)3)13-11-14-22(25)18(4)5)26-23(19(6)7)15-12-16-24(26)20(8)9/h10-20H,1H2,2-9H3. The minimum absolute atomic E-state index is 0.454. The lowest BCUT2D eigenvalue weighted by Gasteiger charge is -2.33. The van der Waals surface area contributed by atoms with Crippen LogP contribution in [0.2, 0.25) is 0 Å². The fourth-order valence-corrected chi connectivity index (χ4v) is 3.87. The molecule has 0 aliphatic carbocycles. The van der Waals surface area contributed by atoms with Crippen molar-refractivity contribution in [1.82, 2.24) is 0 Å². The van der Waals surface area contributed by atoms with Crippen molar-refractivity contribution in [1.29, 1.82) is 0 Å². The molecule has 0 atom stereocenters. The van der Waals surface area contributed by atoms with E-state index in [0.717, 1.165) is 0 Å². The Kier molecular flexibility index (Phi) is 6.92. The van der Waals surface area contributed by atoms with E-state index in [2.05, 4.69) is 103 Å². The molecular formula is C26H37N. The molecule has 0 heterocycles. The van der Waals surface area contributed by atoms with Gasteiger partial charge in [-0.1, -0.05) is 98.4 Å². The zero-order valence-electron chi connectivity index (χ0n) is 18.5. The van der Waals surface area contributed by atoms with E-state index >= 15 is 0 Å². The van der Waals surface area contributed by atoms with Gasteiger partial charge in [-0.05, 0) is 45.9 Å². The minimum Gasteiger partial charge on any atom is -0.317 e. The Balaban J connectivity index is 2.89. The second kappa shape index (κ2) is 8.78. The van der Waals surface area contributed by atoms with E-state index in [-0.39, 0.29) is 0 Å². The fraction of sp³-hybridized carbons (Fsp3) is 0.462. The Morgan fingerprint density at radius 3 is 1.04 bits per heavy atom. The van der Waals surface area contributed by atoms with Gasteiger partial charge in [-0.15, -0.1) is 0 Å². The Morgan fingerprint density at radius 1 is 0.593 bits per heavy atom. The topological polar surface area (TPSA) is 3.24 Å². The van der Waals surface area contributed by atoms with Gasteiger partial charge in [-0.25, -0.2) is 0 Å². The van der Waals surface area contributed by atoms with Crippen molar-refractivity contribution in [3.8, 4) is 0 Å². The SMILES string of the molecule is C=CN(c1c(C(C)C)cccc1C(C)C)c1c(C(C)C)cccc1C(C)C. The number of benzene rings is 2. The smallest absolute Gasteiger partial charge is 0.0524 e. The summed E-state index contributed by atoms with van der Waals surface area (Å²) in [5.41, 5.74) is 8.16. The number of nitrogens with zero attached hydrogens (tertiary/aromatic N) is 1. The number of rotatable bonds is 7. The summed E-state index contributed by atoms with van der Waals surface area (Å²) in [7, 11) is 0. The third-order valence-corrected chi connectivity index (χ3v) is 5.35. The highest BCUT2D eigenvalue weighted by molar-refractivity contribution is 5.78. The summed E-state index contributed by atoms with van der Waals surface area (Å²) in [6.07, 6.45) is 2.01. The largest absolute Gasteiger partial charge is 0.317 e. The third-order valence-electron chi connectivity index (χ3n) is 5.35. The van der Waals surface area contributed by atoms with Crippen LogP contribution >= 0.6 is 0 Å². The van der Waals surface area contributed by atoms with E-state index in [0.29, 0.717) is 23.7 Å². The van der Waals surface area contributed by atoms with Gasteiger partial charge >= 0.3 is 0 Å². The van der Waals surface area contributed by atoms with Crippen molar-refractivity contribution in [2.24, 2.45) is 0 Å². The summed E-state index contributed by atoms with van der Waals surface area (Å²) in [6, 6.07) is 13.5. The van der Waals surface area contributed by atoms with Crippen LogP contribution in [0.4, 0.5) is 11.4 Å². The second-order valence-electron chi connectivity index (χ2n) is 8.74. The average molecular weight is 364 g/mol. The molecule has 0 amide bonds. The highest BCUT2D eigenvalue weighted by Gasteiger charge is 2.24. The van der Waals surface area contributed by atoms with Gasteiger partial charge in [0.2, 0.25) is 0 Å². The Bertz CT molecular complexity index is 665. The summed E-state index contributed by atoms with van der Waals surface area (Å²) < 4.78 is 0. The molecule has 2 aromatic carbocycles. The molecule has 2 aromatic rings. The summed E-state index contributed by atoms with van der Waals surface area (Å²) in [5.74, 6) is 1.81. The van der Waals surface area contributed by atoms with Crippen molar-refractivity contribution in [3.63, 3.8) is 0 Å². The second-order valence-corrected chi connectivity index (χ2v) is 8.74. The van der Waals surface area contributed by atoms with Crippen LogP contribution in [0.3, 0.4) is 0 Å². The summed E-state index contributed by atoms with van der Waals surface area (Å²) in [6.45, 7) is 22.5. The molecule has 0 radical (unpaired) electrons. The molecule has 0 aliphatic rings. The summed E-state index contributed by atoms with van der Waals surface area (Å²) >= 11 is 0. The first-order valence-corrected chi connectivity index (χ1v) is 10.4. The lowest BCUT2D eigenvalue weighted by Crippen LogP contribution is -2.18. The van der Waals surface area contributed by atoms with Crippen molar-refractivity contribution in [2.75, 3.05) is 4.90 Å².